The first-order valence-corrected chi connectivity index (χ1v) is 12.1. The molecule has 2 aliphatic rings. The first kappa shape index (κ1) is 22.5. The van der Waals surface area contributed by atoms with Crippen molar-refractivity contribution in [3.05, 3.63) is 53.5 Å². The van der Waals surface area contributed by atoms with Crippen molar-refractivity contribution in [3.8, 4) is 0 Å². The van der Waals surface area contributed by atoms with E-state index in [1.807, 2.05) is 37.4 Å². The Hall–Kier alpha value is -3.32. The number of aromatic amines is 1. The van der Waals surface area contributed by atoms with Gasteiger partial charge in [0.15, 0.2) is 5.78 Å². The Kier molecular flexibility index (Phi) is 6.54. The van der Waals surface area contributed by atoms with Crippen LogP contribution in [0.2, 0.25) is 0 Å². The Morgan fingerprint density at radius 2 is 2.15 bits per heavy atom. The minimum absolute atomic E-state index is 0.170. The highest BCUT2D eigenvalue weighted by Gasteiger charge is 2.19. The lowest BCUT2D eigenvalue weighted by Crippen LogP contribution is -2.09. The summed E-state index contributed by atoms with van der Waals surface area (Å²) < 4.78 is 5.54. The molecule has 4 heterocycles. The Bertz CT molecular complexity index is 1250. The smallest absolute Gasteiger partial charge is 0.227 e. The fourth-order valence-electron chi connectivity index (χ4n) is 4.67. The second-order valence-electron chi connectivity index (χ2n) is 9.45. The molecule has 0 saturated carbocycles. The number of aromatic nitrogens is 3. The van der Waals surface area contributed by atoms with E-state index in [1.165, 1.54) is 0 Å². The highest BCUT2D eigenvalue weighted by Crippen LogP contribution is 2.28. The molecule has 0 spiro atoms. The van der Waals surface area contributed by atoms with Crippen molar-refractivity contribution in [2.24, 2.45) is 16.8 Å². The molecule has 1 saturated heterocycles. The number of Topliss-reactive ketones (excluding diaryl/α,β-unsaturated/α-hetero) is 1. The van der Waals surface area contributed by atoms with Gasteiger partial charge in [-0.1, -0.05) is 13.0 Å². The van der Waals surface area contributed by atoms with Crippen LogP contribution < -0.4 is 5.32 Å². The monoisotopic (exact) mass is 457 g/mol. The SMILES string of the molecule is Cc1cc(Nc2nccc(C3=CCC(C)C=N3)n2)cc2cc(C(=O)CC3CCCOCC3)[nH]c12. The summed E-state index contributed by atoms with van der Waals surface area (Å²) in [4.78, 5) is 29.9. The summed E-state index contributed by atoms with van der Waals surface area (Å²) in [6, 6.07) is 7.92. The molecule has 3 aromatic rings. The third kappa shape index (κ3) is 5.09. The normalized spacial score (nSPS) is 20.7. The molecule has 2 aliphatic heterocycles. The number of carbonyl (C=O) groups is 1. The summed E-state index contributed by atoms with van der Waals surface area (Å²) in [5.74, 6) is 1.55. The third-order valence-corrected chi connectivity index (χ3v) is 6.60. The lowest BCUT2D eigenvalue weighted by atomic mass is 9.94. The topological polar surface area (TPSA) is 92.3 Å². The van der Waals surface area contributed by atoms with E-state index in [9.17, 15) is 4.79 Å². The van der Waals surface area contributed by atoms with Crippen LogP contribution in [0.25, 0.3) is 16.6 Å². The number of aryl methyl sites for hydroxylation is 1. The van der Waals surface area contributed by atoms with E-state index in [1.54, 1.807) is 6.20 Å². The molecule has 34 heavy (non-hydrogen) atoms. The molecule has 176 valence electrons. The average molecular weight is 458 g/mol. The van der Waals surface area contributed by atoms with Gasteiger partial charge in [0.2, 0.25) is 5.95 Å². The van der Waals surface area contributed by atoms with Gasteiger partial charge in [0.25, 0.3) is 0 Å². The number of anilines is 2. The van der Waals surface area contributed by atoms with Gasteiger partial charge in [-0.05, 0) is 74.3 Å². The van der Waals surface area contributed by atoms with Crippen molar-refractivity contribution in [2.45, 2.75) is 46.0 Å². The Morgan fingerprint density at radius 3 is 3.00 bits per heavy atom. The van der Waals surface area contributed by atoms with Crippen LogP contribution in [0.3, 0.4) is 0 Å². The van der Waals surface area contributed by atoms with Gasteiger partial charge in [-0.15, -0.1) is 0 Å². The van der Waals surface area contributed by atoms with E-state index in [0.29, 0.717) is 29.9 Å². The highest BCUT2D eigenvalue weighted by molar-refractivity contribution is 6.00. The van der Waals surface area contributed by atoms with E-state index in [2.05, 4.69) is 38.3 Å². The molecule has 5 rings (SSSR count). The first-order chi connectivity index (χ1) is 16.5. The fraction of sp³-hybridized carbons (Fsp3) is 0.407. The van der Waals surface area contributed by atoms with Gasteiger partial charge in [-0.2, -0.15) is 0 Å². The van der Waals surface area contributed by atoms with Crippen molar-refractivity contribution < 1.29 is 9.53 Å². The number of aliphatic imine (C=N–C) groups is 1. The number of carbonyl (C=O) groups excluding carboxylic acids is 1. The largest absolute Gasteiger partial charge is 0.381 e. The zero-order valence-electron chi connectivity index (χ0n) is 19.8. The van der Waals surface area contributed by atoms with Crippen LogP contribution in [0, 0.1) is 18.8 Å². The number of nitrogens with zero attached hydrogens (tertiary/aromatic N) is 3. The van der Waals surface area contributed by atoms with Crippen LogP contribution >= 0.6 is 0 Å². The van der Waals surface area contributed by atoms with E-state index >= 15 is 0 Å². The summed E-state index contributed by atoms with van der Waals surface area (Å²) in [6.45, 7) is 5.75. The molecular formula is C27H31N5O2. The minimum atomic E-state index is 0.170. The van der Waals surface area contributed by atoms with Gasteiger partial charge in [0, 0.05) is 48.6 Å². The van der Waals surface area contributed by atoms with Gasteiger partial charge < -0.3 is 15.0 Å². The Morgan fingerprint density at radius 1 is 1.24 bits per heavy atom. The number of H-pyrrole nitrogens is 1. The second-order valence-corrected chi connectivity index (χ2v) is 9.45. The number of hydrogen-bond acceptors (Lipinski definition) is 6. The van der Waals surface area contributed by atoms with Gasteiger partial charge in [-0.25, -0.2) is 9.97 Å². The standard InChI is InChI=1S/C27H31N5O2/c1-17-5-6-22(29-16-17)23-7-9-28-27(32-23)30-21-12-18(2)26-20(14-21)15-24(31-26)25(33)13-19-4-3-10-34-11-8-19/h6-7,9,12,14-17,19,31H,3-5,8,10-11,13H2,1-2H3,(H,28,30,32). The third-order valence-electron chi connectivity index (χ3n) is 6.60. The van der Waals surface area contributed by atoms with E-state index in [0.717, 1.165) is 72.4 Å². The van der Waals surface area contributed by atoms with Crippen molar-refractivity contribution in [2.75, 3.05) is 18.5 Å². The zero-order valence-corrected chi connectivity index (χ0v) is 19.8. The molecule has 2 unspecified atom stereocenters. The Labute approximate surface area is 199 Å². The quantitative estimate of drug-likeness (QED) is 0.453. The summed E-state index contributed by atoms with van der Waals surface area (Å²) in [7, 11) is 0. The van der Waals surface area contributed by atoms with Gasteiger partial charge in [0.05, 0.1) is 17.1 Å². The number of allylic oxidation sites excluding steroid dienone is 1. The van der Waals surface area contributed by atoms with Crippen LogP contribution in [0.5, 0.6) is 0 Å². The molecule has 1 fully saturated rings. The van der Waals surface area contributed by atoms with Crippen LogP contribution in [0.1, 0.15) is 60.8 Å². The molecule has 0 aliphatic carbocycles. The molecule has 0 bridgehead atoms. The molecule has 1 aromatic carbocycles. The second kappa shape index (κ2) is 9.89. The van der Waals surface area contributed by atoms with Crippen molar-refractivity contribution in [1.82, 2.24) is 15.0 Å². The van der Waals surface area contributed by atoms with Crippen molar-refractivity contribution in [1.29, 1.82) is 0 Å². The summed E-state index contributed by atoms with van der Waals surface area (Å²) in [6.07, 6.45) is 10.4. The maximum Gasteiger partial charge on any atom is 0.227 e. The molecule has 7 heteroatoms. The molecular weight excluding hydrogens is 426 g/mol. The lowest BCUT2D eigenvalue weighted by Gasteiger charge is -2.12. The lowest BCUT2D eigenvalue weighted by molar-refractivity contribution is 0.0948. The maximum atomic E-state index is 13.0. The number of fused-ring (bicyclic) bond motifs is 1. The predicted molar refractivity (Wildman–Crippen MR) is 136 cm³/mol. The molecule has 2 N–H and O–H groups in total. The minimum Gasteiger partial charge on any atom is -0.381 e. The number of rotatable bonds is 6. The highest BCUT2D eigenvalue weighted by atomic mass is 16.5. The van der Waals surface area contributed by atoms with E-state index < -0.39 is 0 Å². The van der Waals surface area contributed by atoms with E-state index in [-0.39, 0.29) is 5.78 Å². The summed E-state index contributed by atoms with van der Waals surface area (Å²) >= 11 is 0. The molecule has 0 radical (unpaired) electrons. The van der Waals surface area contributed by atoms with Gasteiger partial charge in [-0.3, -0.25) is 9.79 Å². The molecule has 2 atom stereocenters. The van der Waals surface area contributed by atoms with Crippen LogP contribution in [-0.2, 0) is 4.74 Å². The van der Waals surface area contributed by atoms with Gasteiger partial charge in [0.1, 0.15) is 0 Å². The van der Waals surface area contributed by atoms with Crippen LogP contribution in [0.4, 0.5) is 11.6 Å². The summed E-state index contributed by atoms with van der Waals surface area (Å²) in [5.41, 5.74) is 5.29. The number of hydrogen-bond donors (Lipinski definition) is 2. The average Bonchev–Trinajstić information content (AvgIpc) is 3.10. The molecule has 7 nitrogen and oxygen atoms in total. The van der Waals surface area contributed by atoms with Crippen molar-refractivity contribution >= 4 is 40.2 Å². The fourth-order valence-corrected chi connectivity index (χ4v) is 4.67. The first-order valence-electron chi connectivity index (χ1n) is 12.1. The Balaban J connectivity index is 1.33. The van der Waals surface area contributed by atoms with Crippen LogP contribution in [-0.4, -0.2) is 40.2 Å². The van der Waals surface area contributed by atoms with Gasteiger partial charge >= 0.3 is 0 Å². The number of benzene rings is 1. The number of ketones is 1. The maximum absolute atomic E-state index is 13.0. The summed E-state index contributed by atoms with van der Waals surface area (Å²) in [5, 5.41) is 4.32. The van der Waals surface area contributed by atoms with Crippen molar-refractivity contribution in [3.63, 3.8) is 0 Å². The van der Waals surface area contributed by atoms with E-state index in [4.69, 9.17) is 4.74 Å². The zero-order chi connectivity index (χ0) is 23.5. The molecule has 2 aromatic heterocycles. The number of ether oxygens (including phenoxy) is 1. The van der Waals surface area contributed by atoms with Crippen LogP contribution in [0.15, 0.2) is 41.5 Å². The predicted octanol–water partition coefficient (Wildman–Crippen LogP) is 5.85. The molecule has 0 amide bonds. The number of nitrogens with one attached hydrogen (secondary N) is 2.